The van der Waals surface area contributed by atoms with Gasteiger partial charge >= 0.3 is 5.97 Å². The van der Waals surface area contributed by atoms with Crippen molar-refractivity contribution in [2.24, 2.45) is 0 Å². The minimum atomic E-state index is -0.619. The molecule has 21 heavy (non-hydrogen) atoms. The number of aryl methyl sites for hydroxylation is 3. The molecule has 0 radical (unpaired) electrons. The minimum Gasteiger partial charge on any atom is -0.452 e. The number of anilines is 1. The number of aromatic nitrogens is 1. The first-order valence-electron chi connectivity index (χ1n) is 6.44. The summed E-state index contributed by atoms with van der Waals surface area (Å²) in [5.41, 5.74) is 2.33. The lowest BCUT2D eigenvalue weighted by Crippen LogP contribution is -2.21. The van der Waals surface area contributed by atoms with Gasteiger partial charge in [0.2, 0.25) is 0 Å². The summed E-state index contributed by atoms with van der Waals surface area (Å²) < 4.78 is 9.85. The number of rotatable bonds is 4. The largest absolute Gasteiger partial charge is 0.452 e. The fourth-order valence-electron chi connectivity index (χ4n) is 1.88. The van der Waals surface area contributed by atoms with Crippen LogP contribution in [-0.2, 0) is 9.53 Å². The highest BCUT2D eigenvalue weighted by molar-refractivity contribution is 5.96. The number of esters is 1. The molecule has 1 amide bonds. The third-order valence-corrected chi connectivity index (χ3v) is 2.99. The Morgan fingerprint density at radius 1 is 1.24 bits per heavy atom. The van der Waals surface area contributed by atoms with E-state index in [0.29, 0.717) is 17.1 Å². The van der Waals surface area contributed by atoms with Gasteiger partial charge in [-0.25, -0.2) is 4.79 Å². The second-order valence-corrected chi connectivity index (χ2v) is 4.64. The summed E-state index contributed by atoms with van der Waals surface area (Å²) in [7, 11) is 0. The van der Waals surface area contributed by atoms with Crippen LogP contribution in [0.4, 0.5) is 5.69 Å². The summed E-state index contributed by atoms with van der Waals surface area (Å²) >= 11 is 0. The zero-order chi connectivity index (χ0) is 15.4. The molecule has 6 nitrogen and oxygen atoms in total. The smallest absolute Gasteiger partial charge is 0.344 e. The first-order chi connectivity index (χ1) is 9.99. The maximum Gasteiger partial charge on any atom is 0.344 e. The lowest BCUT2D eigenvalue weighted by Gasteiger charge is -2.08. The molecule has 1 N–H and O–H groups in total. The molecular weight excluding hydrogens is 272 g/mol. The van der Waals surface area contributed by atoms with Gasteiger partial charge in [-0.05, 0) is 32.4 Å². The number of nitrogens with one attached hydrogen (secondary N) is 1. The van der Waals surface area contributed by atoms with Crippen molar-refractivity contribution in [2.45, 2.75) is 20.8 Å². The second-order valence-electron chi connectivity index (χ2n) is 4.64. The SMILES string of the molecule is Cc1ccccc1NC(=O)COC(=O)c1c(C)noc1C. The first-order valence-corrected chi connectivity index (χ1v) is 6.44. The van der Waals surface area contributed by atoms with Gasteiger partial charge in [-0.1, -0.05) is 23.4 Å². The molecule has 1 aromatic heterocycles. The Kier molecular flexibility index (Phi) is 4.37. The predicted molar refractivity (Wildman–Crippen MR) is 76.1 cm³/mol. The highest BCUT2D eigenvalue weighted by atomic mass is 16.5. The maximum absolute atomic E-state index is 11.9. The zero-order valence-electron chi connectivity index (χ0n) is 12.1. The van der Waals surface area contributed by atoms with E-state index in [4.69, 9.17) is 9.26 Å². The van der Waals surface area contributed by atoms with Crippen LogP contribution in [0.5, 0.6) is 0 Å². The van der Waals surface area contributed by atoms with Crippen LogP contribution in [0, 0.1) is 20.8 Å². The maximum atomic E-state index is 11.9. The summed E-state index contributed by atoms with van der Waals surface area (Å²) in [5, 5.41) is 6.35. The van der Waals surface area contributed by atoms with Crippen molar-refractivity contribution < 1.29 is 18.8 Å². The average molecular weight is 288 g/mol. The van der Waals surface area contributed by atoms with E-state index in [-0.39, 0.29) is 12.2 Å². The van der Waals surface area contributed by atoms with Gasteiger partial charge in [-0.15, -0.1) is 0 Å². The molecule has 1 aromatic carbocycles. The van der Waals surface area contributed by atoms with Gasteiger partial charge in [-0.3, -0.25) is 4.79 Å². The monoisotopic (exact) mass is 288 g/mol. The van der Waals surface area contributed by atoms with E-state index in [0.717, 1.165) is 5.56 Å². The van der Waals surface area contributed by atoms with Gasteiger partial charge in [0.25, 0.3) is 5.91 Å². The topological polar surface area (TPSA) is 81.4 Å². The Morgan fingerprint density at radius 3 is 2.57 bits per heavy atom. The van der Waals surface area contributed by atoms with Crippen molar-refractivity contribution in [3.63, 3.8) is 0 Å². The average Bonchev–Trinajstić information content (AvgIpc) is 2.78. The van der Waals surface area contributed by atoms with Crippen LogP contribution in [0.25, 0.3) is 0 Å². The van der Waals surface area contributed by atoms with E-state index < -0.39 is 11.9 Å². The van der Waals surface area contributed by atoms with Crippen molar-refractivity contribution in [1.29, 1.82) is 0 Å². The van der Waals surface area contributed by atoms with Crippen molar-refractivity contribution in [3.8, 4) is 0 Å². The molecule has 110 valence electrons. The molecule has 0 aliphatic carbocycles. The van der Waals surface area contributed by atoms with E-state index >= 15 is 0 Å². The molecule has 2 aromatic rings. The standard InChI is InChI=1S/C15H16N2O4/c1-9-6-4-5-7-12(9)16-13(18)8-20-15(19)14-10(2)17-21-11(14)3/h4-7H,8H2,1-3H3,(H,16,18). The molecule has 2 rings (SSSR count). The number of hydrogen-bond acceptors (Lipinski definition) is 5. The summed E-state index contributed by atoms with van der Waals surface area (Å²) in [6.45, 7) is 4.77. The van der Waals surface area contributed by atoms with Gasteiger partial charge in [0.05, 0.1) is 5.69 Å². The molecule has 0 unspecified atom stereocenters. The molecule has 0 saturated carbocycles. The lowest BCUT2D eigenvalue weighted by molar-refractivity contribution is -0.119. The molecule has 0 saturated heterocycles. The van der Waals surface area contributed by atoms with E-state index in [9.17, 15) is 9.59 Å². The summed E-state index contributed by atoms with van der Waals surface area (Å²) in [6.07, 6.45) is 0. The molecular formula is C15H16N2O4. The highest BCUT2D eigenvalue weighted by Gasteiger charge is 2.19. The molecule has 0 bridgehead atoms. The quantitative estimate of drug-likeness (QED) is 0.874. The van der Waals surface area contributed by atoms with Crippen molar-refractivity contribution >= 4 is 17.6 Å². The van der Waals surface area contributed by atoms with Gasteiger partial charge < -0.3 is 14.6 Å². The molecule has 1 heterocycles. The minimum absolute atomic E-state index is 0.263. The Labute approximate surface area is 122 Å². The van der Waals surface area contributed by atoms with Crippen LogP contribution in [0.1, 0.15) is 27.4 Å². The normalized spacial score (nSPS) is 10.2. The van der Waals surface area contributed by atoms with Gasteiger partial charge in [0.15, 0.2) is 6.61 Å². The third-order valence-electron chi connectivity index (χ3n) is 2.99. The molecule has 0 aliphatic rings. The number of benzene rings is 1. The van der Waals surface area contributed by atoms with E-state index in [1.807, 2.05) is 25.1 Å². The van der Waals surface area contributed by atoms with Crippen LogP contribution in [-0.4, -0.2) is 23.6 Å². The van der Waals surface area contributed by atoms with Crippen molar-refractivity contribution in [2.75, 3.05) is 11.9 Å². The Bertz CT molecular complexity index is 657. The summed E-state index contributed by atoms with van der Waals surface area (Å²) in [6, 6.07) is 7.36. The number of para-hydroxylation sites is 1. The van der Waals surface area contributed by atoms with E-state index in [1.54, 1.807) is 19.9 Å². The van der Waals surface area contributed by atoms with Crippen LogP contribution in [0.2, 0.25) is 0 Å². The van der Waals surface area contributed by atoms with E-state index in [1.165, 1.54) is 0 Å². The summed E-state index contributed by atoms with van der Waals surface area (Å²) in [5.74, 6) is -0.646. The van der Waals surface area contributed by atoms with Crippen molar-refractivity contribution in [3.05, 3.63) is 46.8 Å². The second kappa shape index (κ2) is 6.21. The Balaban J connectivity index is 1.93. The summed E-state index contributed by atoms with van der Waals surface area (Å²) in [4.78, 5) is 23.7. The lowest BCUT2D eigenvalue weighted by atomic mass is 10.2. The van der Waals surface area contributed by atoms with Crippen LogP contribution < -0.4 is 5.32 Å². The number of nitrogens with zero attached hydrogens (tertiary/aromatic N) is 1. The molecule has 0 spiro atoms. The molecule has 6 heteroatoms. The molecule has 0 atom stereocenters. The molecule has 0 fully saturated rings. The Hall–Kier alpha value is -2.63. The van der Waals surface area contributed by atoms with Crippen LogP contribution >= 0.6 is 0 Å². The number of carbonyl (C=O) groups is 2. The van der Waals surface area contributed by atoms with E-state index in [2.05, 4.69) is 10.5 Å². The number of hydrogen-bond donors (Lipinski definition) is 1. The zero-order valence-corrected chi connectivity index (χ0v) is 12.1. The van der Waals surface area contributed by atoms with Gasteiger partial charge in [0, 0.05) is 5.69 Å². The van der Waals surface area contributed by atoms with Crippen LogP contribution in [0.3, 0.4) is 0 Å². The highest BCUT2D eigenvalue weighted by Crippen LogP contribution is 2.14. The predicted octanol–water partition coefficient (Wildman–Crippen LogP) is 2.40. The number of ether oxygens (including phenoxy) is 1. The van der Waals surface area contributed by atoms with Crippen LogP contribution in [0.15, 0.2) is 28.8 Å². The first kappa shape index (κ1) is 14.8. The number of carbonyl (C=O) groups excluding carboxylic acids is 2. The molecule has 0 aliphatic heterocycles. The van der Waals surface area contributed by atoms with Crippen molar-refractivity contribution in [1.82, 2.24) is 5.16 Å². The van der Waals surface area contributed by atoms with Gasteiger partial charge in [-0.2, -0.15) is 0 Å². The third kappa shape index (κ3) is 3.47. The Morgan fingerprint density at radius 2 is 1.95 bits per heavy atom. The number of amides is 1. The van der Waals surface area contributed by atoms with Gasteiger partial charge in [0.1, 0.15) is 11.3 Å². The fraction of sp³-hybridized carbons (Fsp3) is 0.267. The fourth-order valence-corrected chi connectivity index (χ4v) is 1.88.